The van der Waals surface area contributed by atoms with Crippen LogP contribution in [0.25, 0.3) is 0 Å². The Kier molecular flexibility index (Phi) is 7.08. The van der Waals surface area contributed by atoms with E-state index in [0.717, 1.165) is 44.2 Å². The van der Waals surface area contributed by atoms with Crippen LogP contribution in [0.3, 0.4) is 0 Å². The van der Waals surface area contributed by atoms with Crippen LogP contribution in [0.15, 0.2) is 48.5 Å². The van der Waals surface area contributed by atoms with Gasteiger partial charge in [0.25, 0.3) is 5.91 Å². The Labute approximate surface area is 164 Å². The molecule has 0 saturated carbocycles. The highest BCUT2D eigenvalue weighted by Gasteiger charge is 2.19. The summed E-state index contributed by atoms with van der Waals surface area (Å²) in [5.41, 5.74) is 1.11. The van der Waals surface area contributed by atoms with Crippen LogP contribution in [0.5, 0.6) is 11.5 Å². The van der Waals surface area contributed by atoms with Gasteiger partial charge in [-0.3, -0.25) is 9.69 Å². The van der Waals surface area contributed by atoms with E-state index in [9.17, 15) is 9.18 Å². The second-order valence-corrected chi connectivity index (χ2v) is 6.57. The van der Waals surface area contributed by atoms with Crippen LogP contribution < -0.4 is 19.7 Å². The Bertz CT molecular complexity index is 779. The molecule has 0 aromatic heterocycles. The van der Waals surface area contributed by atoms with Crippen molar-refractivity contribution >= 4 is 11.6 Å². The summed E-state index contributed by atoms with van der Waals surface area (Å²) in [7, 11) is 1.69. The molecule has 0 aliphatic carbocycles. The molecule has 2 aromatic rings. The number of methoxy groups -OCH3 is 1. The van der Waals surface area contributed by atoms with Crippen molar-refractivity contribution in [2.24, 2.45) is 0 Å². The largest absolute Gasteiger partial charge is 0.495 e. The lowest BCUT2D eigenvalue weighted by molar-refractivity contribution is -0.123. The molecule has 0 radical (unpaired) electrons. The molecular formula is C21H26FN3O3. The molecule has 3 rings (SSSR count). The molecule has 0 bridgehead atoms. The molecule has 1 fully saturated rings. The van der Waals surface area contributed by atoms with Gasteiger partial charge in [0.15, 0.2) is 18.2 Å². The Morgan fingerprint density at radius 2 is 1.71 bits per heavy atom. The van der Waals surface area contributed by atoms with Crippen molar-refractivity contribution in [1.82, 2.24) is 10.2 Å². The lowest BCUT2D eigenvalue weighted by Crippen LogP contribution is -2.48. The molecule has 0 atom stereocenters. The minimum absolute atomic E-state index is 0.0881. The zero-order valence-corrected chi connectivity index (χ0v) is 16.1. The van der Waals surface area contributed by atoms with Gasteiger partial charge in [0.2, 0.25) is 0 Å². The van der Waals surface area contributed by atoms with Crippen LogP contribution in [-0.2, 0) is 4.79 Å². The Balaban J connectivity index is 1.35. The van der Waals surface area contributed by atoms with Gasteiger partial charge in [0.05, 0.1) is 12.8 Å². The van der Waals surface area contributed by atoms with Crippen molar-refractivity contribution in [1.29, 1.82) is 0 Å². The van der Waals surface area contributed by atoms with E-state index in [-0.39, 0.29) is 18.3 Å². The van der Waals surface area contributed by atoms with Crippen LogP contribution in [0.4, 0.5) is 10.1 Å². The molecule has 1 saturated heterocycles. The molecule has 1 aliphatic rings. The third kappa shape index (κ3) is 5.36. The molecule has 1 N–H and O–H groups in total. The number of halogens is 1. The minimum Gasteiger partial charge on any atom is -0.495 e. The van der Waals surface area contributed by atoms with E-state index in [0.29, 0.717) is 6.54 Å². The Morgan fingerprint density at radius 1 is 1.04 bits per heavy atom. The van der Waals surface area contributed by atoms with Crippen molar-refractivity contribution in [3.63, 3.8) is 0 Å². The molecule has 28 heavy (non-hydrogen) atoms. The zero-order chi connectivity index (χ0) is 19.8. The number of hydrogen-bond acceptors (Lipinski definition) is 5. The van der Waals surface area contributed by atoms with E-state index in [4.69, 9.17) is 9.47 Å². The highest BCUT2D eigenvalue weighted by atomic mass is 19.1. The summed E-state index contributed by atoms with van der Waals surface area (Å²) in [5.74, 6) is 0.252. The van der Waals surface area contributed by atoms with Gasteiger partial charge in [-0.15, -0.1) is 0 Å². The Hall–Kier alpha value is -2.80. The van der Waals surface area contributed by atoms with Gasteiger partial charge in [-0.05, 0) is 24.3 Å². The maximum Gasteiger partial charge on any atom is 0.257 e. The van der Waals surface area contributed by atoms with Gasteiger partial charge >= 0.3 is 0 Å². The van der Waals surface area contributed by atoms with Gasteiger partial charge in [0.1, 0.15) is 5.75 Å². The number of amides is 1. The monoisotopic (exact) mass is 387 g/mol. The number of hydrogen-bond donors (Lipinski definition) is 1. The SMILES string of the molecule is COc1ccccc1N1CCN(CCNC(=O)COc2ccccc2F)CC1. The fourth-order valence-electron chi connectivity index (χ4n) is 3.21. The predicted molar refractivity (Wildman–Crippen MR) is 107 cm³/mol. The van der Waals surface area contributed by atoms with Crippen molar-refractivity contribution in [2.75, 3.05) is 57.9 Å². The average Bonchev–Trinajstić information content (AvgIpc) is 2.73. The molecule has 2 aromatic carbocycles. The summed E-state index contributed by atoms with van der Waals surface area (Å²) in [6, 6.07) is 14.1. The van der Waals surface area contributed by atoms with E-state index in [1.165, 1.54) is 12.1 Å². The molecule has 1 aliphatic heterocycles. The third-order valence-electron chi connectivity index (χ3n) is 4.74. The fraction of sp³-hybridized carbons (Fsp3) is 0.381. The number of carbonyl (C=O) groups is 1. The number of ether oxygens (including phenoxy) is 2. The van der Waals surface area contributed by atoms with Gasteiger partial charge in [-0.25, -0.2) is 4.39 Å². The van der Waals surface area contributed by atoms with Crippen molar-refractivity contribution in [3.8, 4) is 11.5 Å². The number of anilines is 1. The molecular weight excluding hydrogens is 361 g/mol. The number of carbonyl (C=O) groups excluding carboxylic acids is 1. The normalized spacial score (nSPS) is 14.6. The molecule has 0 spiro atoms. The summed E-state index contributed by atoms with van der Waals surface area (Å²) >= 11 is 0. The fourth-order valence-corrected chi connectivity index (χ4v) is 3.21. The third-order valence-corrected chi connectivity index (χ3v) is 4.74. The van der Waals surface area contributed by atoms with Crippen LogP contribution in [0.1, 0.15) is 0 Å². The first-order valence-corrected chi connectivity index (χ1v) is 9.41. The average molecular weight is 387 g/mol. The molecule has 7 heteroatoms. The smallest absolute Gasteiger partial charge is 0.257 e. The summed E-state index contributed by atoms with van der Waals surface area (Å²) in [5, 5.41) is 2.82. The molecule has 150 valence electrons. The van der Waals surface area contributed by atoms with Crippen molar-refractivity contribution in [3.05, 3.63) is 54.3 Å². The molecule has 6 nitrogen and oxygen atoms in total. The van der Waals surface area contributed by atoms with Crippen molar-refractivity contribution in [2.45, 2.75) is 0 Å². The van der Waals surface area contributed by atoms with Gasteiger partial charge in [-0.1, -0.05) is 24.3 Å². The van der Waals surface area contributed by atoms with Crippen LogP contribution in [0, 0.1) is 5.82 Å². The number of benzene rings is 2. The maximum absolute atomic E-state index is 13.5. The first-order valence-electron chi connectivity index (χ1n) is 9.41. The van der Waals surface area contributed by atoms with Crippen LogP contribution in [-0.4, -0.2) is 63.8 Å². The second-order valence-electron chi connectivity index (χ2n) is 6.57. The summed E-state index contributed by atoms with van der Waals surface area (Å²) < 4.78 is 24.1. The van der Waals surface area contributed by atoms with E-state index in [1.807, 2.05) is 18.2 Å². The minimum atomic E-state index is -0.469. The highest BCUT2D eigenvalue weighted by Crippen LogP contribution is 2.28. The standard InChI is InChI=1S/C21H26FN3O3/c1-27-20-9-5-3-7-18(20)25-14-12-24(13-15-25)11-10-23-21(26)16-28-19-8-4-2-6-17(19)22/h2-9H,10-16H2,1H3,(H,23,26). The lowest BCUT2D eigenvalue weighted by Gasteiger charge is -2.36. The summed E-state index contributed by atoms with van der Waals surface area (Å²) in [4.78, 5) is 16.5. The number of rotatable bonds is 8. The van der Waals surface area contributed by atoms with Gasteiger partial charge in [0, 0.05) is 39.3 Å². The summed E-state index contributed by atoms with van der Waals surface area (Å²) in [6.45, 7) is 4.76. The van der Waals surface area contributed by atoms with Crippen LogP contribution in [0.2, 0.25) is 0 Å². The second kappa shape index (κ2) is 9.94. The number of piperazine rings is 1. The van der Waals surface area contributed by atoms with Crippen molar-refractivity contribution < 1.29 is 18.7 Å². The molecule has 0 unspecified atom stereocenters. The van der Waals surface area contributed by atoms with Crippen LogP contribution >= 0.6 is 0 Å². The first-order chi connectivity index (χ1) is 13.7. The van der Waals surface area contributed by atoms with E-state index in [1.54, 1.807) is 19.2 Å². The lowest BCUT2D eigenvalue weighted by atomic mass is 10.2. The molecule has 1 amide bonds. The van der Waals surface area contributed by atoms with Gasteiger partial charge < -0.3 is 19.7 Å². The first kappa shape index (κ1) is 19.9. The number of para-hydroxylation sites is 3. The number of nitrogens with zero attached hydrogens (tertiary/aromatic N) is 2. The topological polar surface area (TPSA) is 54.0 Å². The van der Waals surface area contributed by atoms with Gasteiger partial charge in [-0.2, -0.15) is 0 Å². The van der Waals surface area contributed by atoms with E-state index >= 15 is 0 Å². The maximum atomic E-state index is 13.5. The van der Waals surface area contributed by atoms with E-state index in [2.05, 4.69) is 21.2 Å². The number of nitrogens with one attached hydrogen (secondary N) is 1. The quantitative estimate of drug-likeness (QED) is 0.752. The summed E-state index contributed by atoms with van der Waals surface area (Å²) in [6.07, 6.45) is 0. The zero-order valence-electron chi connectivity index (χ0n) is 16.1. The molecule has 1 heterocycles. The predicted octanol–water partition coefficient (Wildman–Crippen LogP) is 2.15. The Morgan fingerprint density at radius 3 is 2.43 bits per heavy atom. The van der Waals surface area contributed by atoms with E-state index < -0.39 is 5.82 Å². The highest BCUT2D eigenvalue weighted by molar-refractivity contribution is 5.77.